The zero-order valence-corrected chi connectivity index (χ0v) is 17.6. The SMILES string of the molecule is CCn1cc(CN2CCC(c3nnc(CN4CCCCCC4)n3C)CC2)cn1. The Kier molecular flexibility index (Phi) is 6.42. The van der Waals surface area contributed by atoms with Crippen LogP contribution in [-0.4, -0.2) is 60.5 Å². The molecule has 2 aliphatic rings. The van der Waals surface area contributed by atoms with Gasteiger partial charge in [-0.3, -0.25) is 14.5 Å². The molecule has 0 N–H and O–H groups in total. The van der Waals surface area contributed by atoms with E-state index in [9.17, 15) is 0 Å². The molecule has 0 aliphatic carbocycles. The second-order valence-electron chi connectivity index (χ2n) is 8.48. The van der Waals surface area contributed by atoms with Crippen LogP contribution in [0.3, 0.4) is 0 Å². The van der Waals surface area contributed by atoms with Gasteiger partial charge in [-0.15, -0.1) is 10.2 Å². The maximum Gasteiger partial charge on any atom is 0.146 e. The molecule has 0 unspecified atom stereocenters. The first-order chi connectivity index (χ1) is 13.7. The first-order valence-corrected chi connectivity index (χ1v) is 11.1. The molecule has 0 saturated carbocycles. The lowest BCUT2D eigenvalue weighted by molar-refractivity contribution is 0.200. The molecule has 4 heterocycles. The number of piperidine rings is 1. The van der Waals surface area contributed by atoms with Crippen molar-refractivity contribution in [2.45, 2.75) is 71.0 Å². The highest BCUT2D eigenvalue weighted by Crippen LogP contribution is 2.28. The molecule has 7 nitrogen and oxygen atoms in total. The third-order valence-corrected chi connectivity index (χ3v) is 6.43. The quantitative estimate of drug-likeness (QED) is 0.765. The van der Waals surface area contributed by atoms with E-state index >= 15 is 0 Å². The molecule has 0 atom stereocenters. The average molecular weight is 386 g/mol. The van der Waals surface area contributed by atoms with E-state index in [1.54, 1.807) is 0 Å². The molecule has 0 bridgehead atoms. The van der Waals surface area contributed by atoms with Gasteiger partial charge in [0.15, 0.2) is 0 Å². The highest BCUT2D eigenvalue weighted by molar-refractivity contribution is 5.06. The summed E-state index contributed by atoms with van der Waals surface area (Å²) in [7, 11) is 2.16. The van der Waals surface area contributed by atoms with Gasteiger partial charge >= 0.3 is 0 Å². The van der Waals surface area contributed by atoms with E-state index in [1.807, 2.05) is 10.9 Å². The minimum atomic E-state index is 0.532. The van der Waals surface area contributed by atoms with Gasteiger partial charge in [-0.25, -0.2) is 0 Å². The van der Waals surface area contributed by atoms with Crippen molar-refractivity contribution in [2.75, 3.05) is 26.2 Å². The Morgan fingerprint density at radius 3 is 2.32 bits per heavy atom. The summed E-state index contributed by atoms with van der Waals surface area (Å²) in [4.78, 5) is 5.10. The summed E-state index contributed by atoms with van der Waals surface area (Å²) >= 11 is 0. The fourth-order valence-corrected chi connectivity index (χ4v) is 4.63. The van der Waals surface area contributed by atoms with Crippen LogP contribution in [0.1, 0.15) is 68.6 Å². The molecule has 2 aromatic rings. The van der Waals surface area contributed by atoms with Crippen LogP contribution in [0.2, 0.25) is 0 Å². The highest BCUT2D eigenvalue weighted by atomic mass is 15.3. The second-order valence-corrected chi connectivity index (χ2v) is 8.48. The van der Waals surface area contributed by atoms with Gasteiger partial charge in [0.25, 0.3) is 0 Å². The normalized spacial score (nSPS) is 20.5. The number of aromatic nitrogens is 5. The summed E-state index contributed by atoms with van der Waals surface area (Å²) in [6.45, 7) is 9.67. The van der Waals surface area contributed by atoms with Gasteiger partial charge in [0.1, 0.15) is 11.6 Å². The first-order valence-electron chi connectivity index (χ1n) is 11.1. The Balaban J connectivity index is 1.31. The highest BCUT2D eigenvalue weighted by Gasteiger charge is 2.26. The smallest absolute Gasteiger partial charge is 0.146 e. The lowest BCUT2D eigenvalue weighted by Crippen LogP contribution is -2.33. The average Bonchev–Trinajstić information content (AvgIpc) is 3.21. The molecule has 154 valence electrons. The fraction of sp³-hybridized carbons (Fsp3) is 0.762. The van der Waals surface area contributed by atoms with Gasteiger partial charge in [0.05, 0.1) is 12.7 Å². The van der Waals surface area contributed by atoms with Crippen molar-refractivity contribution in [3.8, 4) is 0 Å². The van der Waals surface area contributed by atoms with E-state index in [0.29, 0.717) is 5.92 Å². The Bertz CT molecular complexity index is 734. The number of nitrogens with zero attached hydrogens (tertiary/aromatic N) is 7. The summed E-state index contributed by atoms with van der Waals surface area (Å²) in [5.41, 5.74) is 1.32. The molecule has 2 aromatic heterocycles. The van der Waals surface area contributed by atoms with Crippen molar-refractivity contribution in [2.24, 2.45) is 7.05 Å². The minimum absolute atomic E-state index is 0.532. The largest absolute Gasteiger partial charge is 0.317 e. The van der Waals surface area contributed by atoms with Gasteiger partial charge in [-0.2, -0.15) is 5.10 Å². The summed E-state index contributed by atoms with van der Waals surface area (Å²) in [6.07, 6.45) is 11.9. The van der Waals surface area contributed by atoms with E-state index in [0.717, 1.165) is 51.4 Å². The molecule has 2 fully saturated rings. The number of hydrogen-bond acceptors (Lipinski definition) is 5. The Morgan fingerprint density at radius 1 is 0.929 bits per heavy atom. The zero-order valence-electron chi connectivity index (χ0n) is 17.6. The summed E-state index contributed by atoms with van der Waals surface area (Å²) in [6, 6.07) is 0. The van der Waals surface area contributed by atoms with Crippen molar-refractivity contribution in [3.05, 3.63) is 29.6 Å². The molecule has 2 saturated heterocycles. The van der Waals surface area contributed by atoms with Crippen LogP contribution >= 0.6 is 0 Å². The Morgan fingerprint density at radius 2 is 1.64 bits per heavy atom. The fourth-order valence-electron chi connectivity index (χ4n) is 4.63. The molecule has 2 aliphatic heterocycles. The maximum atomic E-state index is 4.61. The molecule has 7 heteroatoms. The van der Waals surface area contributed by atoms with E-state index in [2.05, 4.69) is 49.8 Å². The number of aryl methyl sites for hydroxylation is 1. The van der Waals surface area contributed by atoms with Crippen LogP contribution in [0, 0.1) is 0 Å². The van der Waals surface area contributed by atoms with Crippen LogP contribution < -0.4 is 0 Å². The van der Waals surface area contributed by atoms with Crippen LogP contribution in [0.4, 0.5) is 0 Å². The van der Waals surface area contributed by atoms with Crippen molar-refractivity contribution in [3.63, 3.8) is 0 Å². The predicted molar refractivity (Wildman–Crippen MR) is 110 cm³/mol. The molecule has 0 aromatic carbocycles. The number of hydrogen-bond donors (Lipinski definition) is 0. The summed E-state index contributed by atoms with van der Waals surface area (Å²) < 4.78 is 4.28. The molecular formula is C21H35N7. The summed E-state index contributed by atoms with van der Waals surface area (Å²) in [5.74, 6) is 2.85. The van der Waals surface area contributed by atoms with E-state index in [1.165, 1.54) is 50.2 Å². The van der Waals surface area contributed by atoms with Crippen LogP contribution in [0.5, 0.6) is 0 Å². The number of rotatable bonds is 6. The van der Waals surface area contributed by atoms with Crippen LogP contribution in [0.15, 0.2) is 12.4 Å². The van der Waals surface area contributed by atoms with Gasteiger partial charge in [-0.1, -0.05) is 12.8 Å². The third kappa shape index (κ3) is 4.63. The Hall–Kier alpha value is -1.73. The molecule has 4 rings (SSSR count). The maximum absolute atomic E-state index is 4.61. The molecular weight excluding hydrogens is 350 g/mol. The van der Waals surface area contributed by atoms with Gasteiger partial charge in [-0.05, 0) is 58.8 Å². The summed E-state index contributed by atoms with van der Waals surface area (Å²) in [5, 5.41) is 13.6. The zero-order chi connectivity index (χ0) is 19.3. The van der Waals surface area contributed by atoms with Crippen molar-refractivity contribution >= 4 is 0 Å². The van der Waals surface area contributed by atoms with Crippen molar-refractivity contribution < 1.29 is 0 Å². The Labute approximate surface area is 168 Å². The lowest BCUT2D eigenvalue weighted by atomic mass is 9.95. The van der Waals surface area contributed by atoms with Gasteiger partial charge < -0.3 is 4.57 Å². The van der Waals surface area contributed by atoms with E-state index in [4.69, 9.17) is 0 Å². The number of likely N-dealkylation sites (tertiary alicyclic amines) is 2. The lowest BCUT2D eigenvalue weighted by Gasteiger charge is -2.31. The van der Waals surface area contributed by atoms with Gasteiger partial charge in [0.2, 0.25) is 0 Å². The minimum Gasteiger partial charge on any atom is -0.317 e. The topological polar surface area (TPSA) is 55.0 Å². The predicted octanol–water partition coefficient (Wildman–Crippen LogP) is 2.79. The van der Waals surface area contributed by atoms with E-state index < -0.39 is 0 Å². The third-order valence-electron chi connectivity index (χ3n) is 6.43. The standard InChI is InChI=1S/C21H35N7/c1-3-28-16-18(14-22-28)15-27-12-8-19(9-13-27)21-24-23-20(25(21)2)17-26-10-6-4-5-7-11-26/h14,16,19H,3-13,15,17H2,1-2H3. The second kappa shape index (κ2) is 9.18. The molecule has 28 heavy (non-hydrogen) atoms. The molecule has 0 amide bonds. The van der Waals surface area contributed by atoms with E-state index in [-0.39, 0.29) is 0 Å². The first kappa shape index (κ1) is 19.6. The molecule has 0 radical (unpaired) electrons. The molecule has 0 spiro atoms. The monoisotopic (exact) mass is 385 g/mol. The van der Waals surface area contributed by atoms with Gasteiger partial charge in [0, 0.05) is 37.8 Å². The van der Waals surface area contributed by atoms with Crippen LogP contribution in [0.25, 0.3) is 0 Å². The van der Waals surface area contributed by atoms with Crippen molar-refractivity contribution in [1.29, 1.82) is 0 Å². The van der Waals surface area contributed by atoms with Crippen LogP contribution in [-0.2, 0) is 26.7 Å². The van der Waals surface area contributed by atoms with Crippen molar-refractivity contribution in [1.82, 2.24) is 34.3 Å².